The predicted molar refractivity (Wildman–Crippen MR) is 63.0 cm³/mol. The lowest BCUT2D eigenvalue weighted by atomic mass is 10.1. The molecule has 1 aromatic carbocycles. The van der Waals surface area contributed by atoms with E-state index in [1.165, 1.54) is 12.1 Å². The Balaban J connectivity index is 2.87. The Morgan fingerprint density at radius 2 is 2.00 bits per heavy atom. The van der Waals surface area contributed by atoms with Crippen molar-refractivity contribution in [1.29, 1.82) is 0 Å². The number of carbonyl (C=O) groups is 1. The van der Waals surface area contributed by atoms with E-state index in [9.17, 15) is 14.9 Å². The van der Waals surface area contributed by atoms with Gasteiger partial charge in [0.25, 0.3) is 5.69 Å². The summed E-state index contributed by atoms with van der Waals surface area (Å²) in [5.74, 6) is -0.502. The largest absolute Gasteiger partial charge is 0.432 e. The maximum absolute atomic E-state index is 11.3. The molecule has 0 aliphatic rings. The van der Waals surface area contributed by atoms with Crippen molar-refractivity contribution in [3.8, 4) is 0 Å². The normalized spacial score (nSPS) is 10.8. The van der Waals surface area contributed by atoms with Crippen LogP contribution in [0.1, 0.15) is 12.5 Å². The van der Waals surface area contributed by atoms with E-state index in [1.807, 2.05) is 0 Å². The first-order chi connectivity index (χ1) is 8.04. The Hall–Kier alpha value is -2.43. The minimum atomic E-state index is -0.502. The minimum Gasteiger partial charge on any atom is -0.432 e. The van der Waals surface area contributed by atoms with Gasteiger partial charge in [-0.25, -0.2) is 4.79 Å². The van der Waals surface area contributed by atoms with E-state index in [4.69, 9.17) is 0 Å². The van der Waals surface area contributed by atoms with Crippen molar-refractivity contribution >= 4 is 17.7 Å². The summed E-state index contributed by atoms with van der Waals surface area (Å²) in [6.45, 7) is 4.87. The number of nitrogens with zero attached hydrogens (tertiary/aromatic N) is 1. The van der Waals surface area contributed by atoms with Crippen molar-refractivity contribution in [3.63, 3.8) is 0 Å². The average molecular weight is 233 g/mol. The zero-order valence-electron chi connectivity index (χ0n) is 9.25. The maximum atomic E-state index is 11.3. The maximum Gasteiger partial charge on any atom is 0.338 e. The molecular formula is C12H11NO4. The highest BCUT2D eigenvalue weighted by molar-refractivity contribution is 5.93. The van der Waals surface area contributed by atoms with E-state index in [0.29, 0.717) is 11.1 Å². The van der Waals surface area contributed by atoms with E-state index in [-0.39, 0.29) is 5.69 Å². The summed E-state index contributed by atoms with van der Waals surface area (Å²) in [6.07, 6.45) is 2.63. The van der Waals surface area contributed by atoms with Crippen LogP contribution < -0.4 is 0 Å². The lowest BCUT2D eigenvalue weighted by Gasteiger charge is -1.99. The third kappa shape index (κ3) is 3.57. The van der Waals surface area contributed by atoms with Gasteiger partial charge in [-0.1, -0.05) is 6.58 Å². The molecule has 5 nitrogen and oxygen atoms in total. The molecule has 0 N–H and O–H groups in total. The first-order valence-electron chi connectivity index (χ1n) is 4.79. The number of rotatable bonds is 4. The van der Waals surface area contributed by atoms with Crippen LogP contribution in [0.15, 0.2) is 42.7 Å². The number of non-ortho nitro benzene ring substituents is 1. The number of ether oxygens (including phenoxy) is 1. The Bertz CT molecular complexity index is 474. The molecule has 0 bridgehead atoms. The van der Waals surface area contributed by atoms with E-state index in [0.717, 1.165) is 6.26 Å². The number of nitro benzene ring substituents is 1. The molecule has 0 spiro atoms. The molecular weight excluding hydrogens is 222 g/mol. The molecule has 0 unspecified atom stereocenters. The summed E-state index contributed by atoms with van der Waals surface area (Å²) in [7, 11) is 0. The molecule has 0 radical (unpaired) electrons. The molecule has 17 heavy (non-hydrogen) atoms. The molecule has 0 atom stereocenters. The van der Waals surface area contributed by atoms with E-state index in [1.54, 1.807) is 25.1 Å². The Labute approximate surface area is 98.2 Å². The third-order valence-corrected chi connectivity index (χ3v) is 2.00. The third-order valence-electron chi connectivity index (χ3n) is 2.00. The molecule has 1 rings (SSSR count). The number of hydrogen-bond donors (Lipinski definition) is 0. The van der Waals surface area contributed by atoms with Gasteiger partial charge < -0.3 is 4.74 Å². The van der Waals surface area contributed by atoms with Crippen molar-refractivity contribution in [1.82, 2.24) is 0 Å². The number of hydrogen-bond acceptors (Lipinski definition) is 4. The van der Waals surface area contributed by atoms with Crippen LogP contribution >= 0.6 is 0 Å². The van der Waals surface area contributed by atoms with Gasteiger partial charge in [0.15, 0.2) is 0 Å². The first kappa shape index (κ1) is 12.6. The van der Waals surface area contributed by atoms with Gasteiger partial charge in [0.05, 0.1) is 11.2 Å². The van der Waals surface area contributed by atoms with Crippen LogP contribution in [0.4, 0.5) is 5.69 Å². The monoisotopic (exact) mass is 233 g/mol. The fourth-order valence-corrected chi connectivity index (χ4v) is 1.17. The topological polar surface area (TPSA) is 69.4 Å². The fraction of sp³-hybridized carbons (Fsp3) is 0.0833. The molecule has 1 aromatic rings. The SMILES string of the molecule is C=COC(=O)/C(C)=C/c1ccc([N+](=O)[O-])cc1. The highest BCUT2D eigenvalue weighted by Gasteiger charge is 2.06. The quantitative estimate of drug-likeness (QED) is 0.263. The fourth-order valence-electron chi connectivity index (χ4n) is 1.17. The lowest BCUT2D eigenvalue weighted by molar-refractivity contribution is -0.384. The van der Waals surface area contributed by atoms with Crippen LogP contribution in [-0.2, 0) is 9.53 Å². The second-order valence-corrected chi connectivity index (χ2v) is 3.25. The zero-order valence-corrected chi connectivity index (χ0v) is 9.25. The van der Waals surface area contributed by atoms with Crippen LogP contribution in [0.2, 0.25) is 0 Å². The molecule has 0 aromatic heterocycles. The van der Waals surface area contributed by atoms with Crippen LogP contribution in [0.25, 0.3) is 6.08 Å². The smallest absolute Gasteiger partial charge is 0.338 e. The molecule has 0 saturated carbocycles. The van der Waals surface area contributed by atoms with Gasteiger partial charge in [-0.3, -0.25) is 10.1 Å². The first-order valence-corrected chi connectivity index (χ1v) is 4.79. The van der Waals surface area contributed by atoms with Gasteiger partial charge in [-0.2, -0.15) is 0 Å². The summed E-state index contributed by atoms with van der Waals surface area (Å²) >= 11 is 0. The van der Waals surface area contributed by atoms with E-state index >= 15 is 0 Å². The van der Waals surface area contributed by atoms with Crippen LogP contribution in [0.5, 0.6) is 0 Å². The summed E-state index contributed by atoms with van der Waals surface area (Å²) in [5, 5.41) is 10.4. The van der Waals surface area contributed by atoms with Crippen molar-refractivity contribution in [2.45, 2.75) is 6.92 Å². The Kier molecular flexibility index (Phi) is 4.16. The second-order valence-electron chi connectivity index (χ2n) is 3.25. The minimum absolute atomic E-state index is 0.00784. The summed E-state index contributed by atoms with van der Waals surface area (Å²) < 4.78 is 4.59. The highest BCUT2D eigenvalue weighted by Crippen LogP contribution is 2.14. The van der Waals surface area contributed by atoms with Gasteiger partial charge in [0.2, 0.25) is 0 Å². The van der Waals surface area contributed by atoms with Gasteiger partial charge in [-0.05, 0) is 30.7 Å². The number of carbonyl (C=O) groups excluding carboxylic acids is 1. The molecule has 5 heteroatoms. The number of benzene rings is 1. The molecule has 0 fully saturated rings. The van der Waals surface area contributed by atoms with Gasteiger partial charge in [0.1, 0.15) is 0 Å². The average Bonchev–Trinajstić information content (AvgIpc) is 2.30. The molecule has 0 saturated heterocycles. The number of esters is 1. The summed E-state index contributed by atoms with van der Waals surface area (Å²) in [4.78, 5) is 21.2. The number of nitro groups is 1. The Morgan fingerprint density at radius 3 is 2.47 bits per heavy atom. The predicted octanol–water partition coefficient (Wildman–Crippen LogP) is 2.68. The van der Waals surface area contributed by atoms with Gasteiger partial charge in [0, 0.05) is 17.7 Å². The molecule has 0 aliphatic heterocycles. The van der Waals surface area contributed by atoms with Crippen molar-refractivity contribution in [3.05, 3.63) is 58.4 Å². The van der Waals surface area contributed by atoms with Crippen LogP contribution in [0.3, 0.4) is 0 Å². The van der Waals surface area contributed by atoms with E-state index < -0.39 is 10.9 Å². The van der Waals surface area contributed by atoms with Crippen molar-refractivity contribution in [2.75, 3.05) is 0 Å². The van der Waals surface area contributed by atoms with Gasteiger partial charge >= 0.3 is 5.97 Å². The van der Waals surface area contributed by atoms with Gasteiger partial charge in [-0.15, -0.1) is 0 Å². The lowest BCUT2D eigenvalue weighted by Crippen LogP contribution is -2.00. The summed E-state index contributed by atoms with van der Waals surface area (Å²) in [5.41, 5.74) is 1.08. The standard InChI is InChI=1S/C12H11NO4/c1-3-17-12(14)9(2)8-10-4-6-11(7-5-10)13(15)16/h3-8H,1H2,2H3/b9-8+. The zero-order chi connectivity index (χ0) is 12.8. The molecule has 88 valence electrons. The van der Waals surface area contributed by atoms with E-state index in [2.05, 4.69) is 11.3 Å². The molecule has 0 aliphatic carbocycles. The summed E-state index contributed by atoms with van der Waals surface area (Å²) in [6, 6.07) is 5.86. The molecule has 0 heterocycles. The van der Waals surface area contributed by atoms with Crippen molar-refractivity contribution in [2.24, 2.45) is 0 Å². The van der Waals surface area contributed by atoms with Crippen LogP contribution in [0, 0.1) is 10.1 Å². The Morgan fingerprint density at radius 1 is 1.41 bits per heavy atom. The highest BCUT2D eigenvalue weighted by atomic mass is 16.6. The molecule has 0 amide bonds. The van der Waals surface area contributed by atoms with Crippen molar-refractivity contribution < 1.29 is 14.5 Å². The second kappa shape index (κ2) is 5.60. The van der Waals surface area contributed by atoms with Crippen LogP contribution in [-0.4, -0.2) is 10.9 Å².